The quantitative estimate of drug-likeness (QED) is 0.184. The molecule has 310 valence electrons. The van der Waals surface area contributed by atoms with Gasteiger partial charge in [-0.25, -0.2) is 0 Å². The number of hydrogen-bond acceptors (Lipinski definition) is 15. The molecule has 0 radical (unpaired) electrons. The molecule has 3 aliphatic heterocycles. The number of pyridine rings is 1. The molecule has 12 atom stereocenters. The lowest BCUT2D eigenvalue weighted by atomic mass is 9.76. The van der Waals surface area contributed by atoms with E-state index in [0.29, 0.717) is 12.1 Å². The molecule has 0 unspecified atom stereocenters. The zero-order chi connectivity index (χ0) is 40.9. The molecule has 56 heavy (non-hydrogen) atoms. The zero-order valence-electron chi connectivity index (χ0n) is 34.1. The third-order valence-corrected chi connectivity index (χ3v) is 12.6. The predicted molar refractivity (Wildman–Crippen MR) is 211 cm³/mol. The van der Waals surface area contributed by atoms with Gasteiger partial charge in [-0.2, -0.15) is 0 Å². The van der Waals surface area contributed by atoms with E-state index in [1.54, 1.807) is 37.6 Å². The van der Waals surface area contributed by atoms with Gasteiger partial charge >= 0.3 is 5.97 Å². The first kappa shape index (κ1) is 44.0. The molecule has 3 fully saturated rings. The summed E-state index contributed by atoms with van der Waals surface area (Å²) in [4.78, 5) is 42.0. The maximum absolute atomic E-state index is 14.3. The number of nitrogens with one attached hydrogen (secondary N) is 1. The number of ether oxygens (including phenoxy) is 5. The standard InChI is InChI=1S/C41H60N4O10S/c1-10-33-41(7,49)34-17-30(42)23(2)18-40(6,51-21-28(20-50-34)44-52-22-29-13-14-32(56-29)27-12-11-15-43-19-27)37(25(4)35(46)26(5)38(48)54-33)55-39-36(47)31(45(8)9)16-24(3)53-39/h11-15,19,23-26,31,33-34,36-37,39,42,47,49H,10,16-18,20-22H2,1-9H3/b42-30?,44-28-/t23-,24-,25+,26-,31+,33+,34+,36-,37-,39+,40-,41-/m1/s1. The molecule has 15 heteroatoms. The minimum atomic E-state index is -1.75. The van der Waals surface area contributed by atoms with Gasteiger partial charge in [-0.15, -0.1) is 11.3 Å². The fourth-order valence-electron chi connectivity index (χ4n) is 7.98. The van der Waals surface area contributed by atoms with Gasteiger partial charge in [-0.05, 0) is 85.2 Å². The van der Waals surface area contributed by atoms with Crippen LogP contribution in [0.15, 0.2) is 41.8 Å². The number of oxime groups is 1. The number of aliphatic hydroxyl groups excluding tert-OH is 1. The van der Waals surface area contributed by atoms with Crippen molar-refractivity contribution in [3.63, 3.8) is 0 Å². The van der Waals surface area contributed by atoms with Crippen molar-refractivity contribution in [3.05, 3.63) is 41.5 Å². The number of hydrogen-bond donors (Lipinski definition) is 3. The lowest BCUT2D eigenvalue weighted by molar-refractivity contribution is -0.296. The maximum atomic E-state index is 14.3. The molecule has 0 aliphatic carbocycles. The highest BCUT2D eigenvalue weighted by Gasteiger charge is 2.51. The Kier molecular flexibility index (Phi) is 14.6. The van der Waals surface area contributed by atoms with Gasteiger partial charge in [0.25, 0.3) is 0 Å². The van der Waals surface area contributed by atoms with Gasteiger partial charge in [0.15, 0.2) is 18.7 Å². The summed E-state index contributed by atoms with van der Waals surface area (Å²) in [7, 11) is 3.76. The van der Waals surface area contributed by atoms with Gasteiger partial charge in [0.1, 0.15) is 29.4 Å². The molecule has 0 amide bonds. The van der Waals surface area contributed by atoms with Crippen molar-refractivity contribution in [3.8, 4) is 10.4 Å². The summed E-state index contributed by atoms with van der Waals surface area (Å²) in [6.45, 7) is 12.0. The molecule has 2 bridgehead atoms. The highest BCUT2D eigenvalue weighted by atomic mass is 32.1. The number of fused-ring (bicyclic) bond motifs is 5. The van der Waals surface area contributed by atoms with Crippen LogP contribution in [0, 0.1) is 23.2 Å². The third-order valence-electron chi connectivity index (χ3n) is 11.5. The Balaban J connectivity index is 1.55. The van der Waals surface area contributed by atoms with Crippen molar-refractivity contribution >= 4 is 34.5 Å². The second-order valence-corrected chi connectivity index (χ2v) is 17.4. The van der Waals surface area contributed by atoms with Crippen LogP contribution in [0.3, 0.4) is 0 Å². The predicted octanol–water partition coefficient (Wildman–Crippen LogP) is 5.03. The highest BCUT2D eigenvalue weighted by Crippen LogP contribution is 2.39. The molecule has 5 heterocycles. The molecule has 0 aromatic carbocycles. The summed E-state index contributed by atoms with van der Waals surface area (Å²) in [5.41, 5.74) is -1.45. The van der Waals surface area contributed by atoms with Gasteiger partial charge in [-0.3, -0.25) is 14.6 Å². The van der Waals surface area contributed by atoms with Crippen molar-refractivity contribution in [2.45, 2.75) is 135 Å². The van der Waals surface area contributed by atoms with E-state index in [9.17, 15) is 25.2 Å². The second kappa shape index (κ2) is 18.6. The summed E-state index contributed by atoms with van der Waals surface area (Å²) in [6, 6.07) is 7.55. The van der Waals surface area contributed by atoms with E-state index >= 15 is 0 Å². The fourth-order valence-corrected chi connectivity index (χ4v) is 8.89. The number of cyclic esters (lactones) is 1. The summed E-state index contributed by atoms with van der Waals surface area (Å²) in [5.74, 6) is -3.90. The van der Waals surface area contributed by atoms with Crippen LogP contribution in [-0.2, 0) is 44.7 Å². The first-order chi connectivity index (χ1) is 26.4. The van der Waals surface area contributed by atoms with E-state index in [1.165, 1.54) is 13.8 Å². The highest BCUT2D eigenvalue weighted by molar-refractivity contribution is 7.15. The molecular weight excluding hydrogens is 741 g/mol. The van der Waals surface area contributed by atoms with E-state index in [0.717, 1.165) is 15.3 Å². The average Bonchev–Trinajstić information content (AvgIpc) is 3.64. The van der Waals surface area contributed by atoms with Gasteiger partial charge in [0, 0.05) is 51.8 Å². The number of ketones is 1. The first-order valence-electron chi connectivity index (χ1n) is 19.6. The van der Waals surface area contributed by atoms with Crippen LogP contribution in [0.5, 0.6) is 0 Å². The molecule has 14 nitrogen and oxygen atoms in total. The first-order valence-corrected chi connectivity index (χ1v) is 20.4. The largest absolute Gasteiger partial charge is 0.459 e. The lowest BCUT2D eigenvalue weighted by Crippen LogP contribution is -2.59. The third kappa shape index (κ3) is 10.1. The maximum Gasteiger partial charge on any atom is 0.316 e. The number of thiophene rings is 1. The van der Waals surface area contributed by atoms with E-state index in [2.05, 4.69) is 10.1 Å². The monoisotopic (exact) mass is 800 g/mol. The van der Waals surface area contributed by atoms with E-state index in [-0.39, 0.29) is 56.9 Å². The molecule has 3 aliphatic rings. The van der Waals surface area contributed by atoms with Crippen molar-refractivity contribution in [1.82, 2.24) is 9.88 Å². The lowest BCUT2D eigenvalue weighted by Gasteiger charge is -2.47. The summed E-state index contributed by atoms with van der Waals surface area (Å²) < 4.78 is 32.0. The van der Waals surface area contributed by atoms with Gasteiger partial charge in [0.05, 0.1) is 37.1 Å². The molecule has 2 aromatic heterocycles. The minimum Gasteiger partial charge on any atom is -0.459 e. The van der Waals surface area contributed by atoms with E-state index < -0.39 is 71.4 Å². The van der Waals surface area contributed by atoms with Crippen LogP contribution < -0.4 is 0 Å². The van der Waals surface area contributed by atoms with Crippen molar-refractivity contribution in [1.29, 1.82) is 5.41 Å². The van der Waals surface area contributed by atoms with Crippen molar-refractivity contribution in [2.75, 3.05) is 27.3 Å². The number of aliphatic hydroxyl groups is 2. The number of aromatic nitrogens is 1. The van der Waals surface area contributed by atoms with E-state index in [4.69, 9.17) is 28.5 Å². The fraction of sp³-hybridized carbons (Fsp3) is 0.683. The van der Waals surface area contributed by atoms with Crippen LogP contribution in [0.4, 0.5) is 0 Å². The van der Waals surface area contributed by atoms with Crippen LogP contribution >= 0.6 is 11.3 Å². The Labute approximate surface area is 334 Å². The molecular formula is C41H60N4O10S. The van der Waals surface area contributed by atoms with Gasteiger partial charge in [-0.1, -0.05) is 32.0 Å². The summed E-state index contributed by atoms with van der Waals surface area (Å²) >= 11 is 1.56. The number of nitrogens with zero attached hydrogens (tertiary/aromatic N) is 3. The van der Waals surface area contributed by atoms with E-state index in [1.807, 2.05) is 64.0 Å². The number of rotatable bonds is 8. The smallest absolute Gasteiger partial charge is 0.316 e. The van der Waals surface area contributed by atoms with Crippen molar-refractivity contribution < 1.29 is 48.3 Å². The van der Waals surface area contributed by atoms with Crippen LogP contribution in [0.1, 0.15) is 79.0 Å². The number of carbonyl (C=O) groups is 2. The molecule has 2 aromatic rings. The Morgan fingerprint density at radius 3 is 2.55 bits per heavy atom. The number of Topliss-reactive ketones (excluding diaryl/α,β-unsaturated/α-hetero) is 1. The zero-order valence-corrected chi connectivity index (χ0v) is 34.9. The normalized spacial score (nSPS) is 37.4. The Bertz CT molecular complexity index is 1690. The second-order valence-electron chi connectivity index (χ2n) is 16.3. The number of esters is 1. The topological polar surface area (TPSA) is 182 Å². The minimum absolute atomic E-state index is 0.0147. The summed E-state index contributed by atoms with van der Waals surface area (Å²) in [6.07, 6.45) is -1.06. The molecule has 0 spiro atoms. The van der Waals surface area contributed by atoms with Crippen LogP contribution in [0.25, 0.3) is 10.4 Å². The average molecular weight is 801 g/mol. The SMILES string of the molecule is CC[C@@H]1OC(=O)[C@H](C)C(=O)[C@H](C)[C@@H](O[C@@H]2O[C@H](C)C[C@H](N(C)C)[C@H]2O)[C@@]2(C)C[C@@H](C)C(=N)C[C@H](OC/C(=N/OCc3ccc(-c4cccnc4)s3)CO2)[C@]1(C)O. The van der Waals surface area contributed by atoms with Gasteiger partial charge < -0.3 is 49.0 Å². The molecule has 5 rings (SSSR count). The van der Waals surface area contributed by atoms with Crippen molar-refractivity contribution in [2.24, 2.45) is 22.9 Å². The molecule has 0 saturated carbocycles. The Hall–Kier alpha value is -3.15. The van der Waals surface area contributed by atoms with Crippen LogP contribution in [0.2, 0.25) is 0 Å². The summed E-state index contributed by atoms with van der Waals surface area (Å²) in [5, 5.41) is 37.4. The Morgan fingerprint density at radius 2 is 1.88 bits per heavy atom. The van der Waals surface area contributed by atoms with Crippen LogP contribution in [-0.4, -0.2) is 125 Å². The Morgan fingerprint density at radius 1 is 1.12 bits per heavy atom. The number of carbonyl (C=O) groups excluding carboxylic acids is 2. The van der Waals surface area contributed by atoms with Gasteiger partial charge in [0.2, 0.25) is 0 Å². The molecule has 3 N–H and O–H groups in total. The number of likely N-dealkylation sites (N-methyl/N-ethyl adjacent to an activating group) is 1. The molecule has 3 saturated heterocycles.